The molecule has 2 aromatic carbocycles. The average Bonchev–Trinajstić information content (AvgIpc) is 2.94. The summed E-state index contributed by atoms with van der Waals surface area (Å²) in [5.74, 6) is 1.28. The van der Waals surface area contributed by atoms with Crippen LogP contribution in [0.25, 0.3) is 0 Å². The molecule has 126 valence electrons. The molecule has 0 spiro atoms. The van der Waals surface area contributed by atoms with Crippen molar-refractivity contribution in [1.82, 2.24) is 0 Å². The molecule has 1 atom stereocenters. The molecule has 0 saturated carbocycles. The van der Waals surface area contributed by atoms with Crippen LogP contribution in [0.2, 0.25) is 0 Å². The Bertz CT molecular complexity index is 741. The summed E-state index contributed by atoms with van der Waals surface area (Å²) in [5, 5.41) is 2.92. The smallest absolute Gasteiger partial charge is 0.255 e. The lowest BCUT2D eigenvalue weighted by Crippen LogP contribution is -2.13. The molecule has 1 amide bonds. The molecule has 1 unspecified atom stereocenters. The summed E-state index contributed by atoms with van der Waals surface area (Å²) in [5.41, 5.74) is 8.88. The third-order valence-electron chi connectivity index (χ3n) is 4.00. The molecule has 1 aliphatic heterocycles. The number of nitrogens with one attached hydrogen (secondary N) is 1. The van der Waals surface area contributed by atoms with Crippen LogP contribution in [0.5, 0.6) is 11.5 Å². The lowest BCUT2D eigenvalue weighted by Gasteiger charge is -2.13. The van der Waals surface area contributed by atoms with Crippen molar-refractivity contribution in [3.05, 3.63) is 53.1 Å². The second-order valence-corrected chi connectivity index (χ2v) is 5.88. The standard InChI is InChI=1S/C19H22N2O3/c1-3-23-18-9-15-8-12(2)24-17(15)10-16(18)21-19(22)14-6-4-13(11-20)5-7-14/h4-7,9-10,12H,3,8,11,20H2,1-2H3,(H,21,22). The van der Waals surface area contributed by atoms with E-state index in [2.05, 4.69) is 5.32 Å². The normalized spacial score (nSPS) is 15.5. The Kier molecular flexibility index (Phi) is 4.71. The van der Waals surface area contributed by atoms with E-state index in [-0.39, 0.29) is 12.0 Å². The van der Waals surface area contributed by atoms with E-state index in [4.69, 9.17) is 15.2 Å². The highest BCUT2D eigenvalue weighted by Gasteiger charge is 2.22. The van der Waals surface area contributed by atoms with E-state index >= 15 is 0 Å². The van der Waals surface area contributed by atoms with E-state index in [1.54, 1.807) is 12.1 Å². The summed E-state index contributed by atoms with van der Waals surface area (Å²) < 4.78 is 11.5. The van der Waals surface area contributed by atoms with Gasteiger partial charge in [-0.2, -0.15) is 0 Å². The molecule has 0 bridgehead atoms. The first-order valence-electron chi connectivity index (χ1n) is 8.17. The minimum absolute atomic E-state index is 0.143. The molecule has 1 aliphatic rings. The highest BCUT2D eigenvalue weighted by molar-refractivity contribution is 6.05. The predicted molar refractivity (Wildman–Crippen MR) is 93.7 cm³/mol. The van der Waals surface area contributed by atoms with E-state index in [1.165, 1.54) is 0 Å². The molecule has 0 aromatic heterocycles. The van der Waals surface area contributed by atoms with Crippen LogP contribution in [0.15, 0.2) is 36.4 Å². The molecule has 0 fully saturated rings. The third kappa shape index (κ3) is 3.36. The highest BCUT2D eigenvalue weighted by atomic mass is 16.5. The monoisotopic (exact) mass is 326 g/mol. The first kappa shape index (κ1) is 16.3. The Morgan fingerprint density at radius 2 is 2.08 bits per heavy atom. The first-order valence-corrected chi connectivity index (χ1v) is 8.17. The molecule has 2 aromatic rings. The van der Waals surface area contributed by atoms with Crippen molar-refractivity contribution in [2.75, 3.05) is 11.9 Å². The lowest BCUT2D eigenvalue weighted by molar-refractivity contribution is 0.102. The molecule has 24 heavy (non-hydrogen) atoms. The molecule has 0 aliphatic carbocycles. The van der Waals surface area contributed by atoms with Crippen LogP contribution < -0.4 is 20.5 Å². The SMILES string of the molecule is CCOc1cc2c(cc1NC(=O)c1ccc(CN)cc1)OC(C)C2. The fraction of sp³-hybridized carbons (Fsp3) is 0.316. The Hall–Kier alpha value is -2.53. The van der Waals surface area contributed by atoms with Crippen molar-refractivity contribution in [1.29, 1.82) is 0 Å². The molecule has 0 radical (unpaired) electrons. The van der Waals surface area contributed by atoms with Crippen LogP contribution in [-0.2, 0) is 13.0 Å². The van der Waals surface area contributed by atoms with E-state index < -0.39 is 0 Å². The summed E-state index contributed by atoms with van der Waals surface area (Å²) in [4.78, 5) is 12.5. The van der Waals surface area contributed by atoms with Crippen LogP contribution in [0, 0.1) is 0 Å². The Morgan fingerprint density at radius 1 is 1.33 bits per heavy atom. The number of carbonyl (C=O) groups is 1. The van der Waals surface area contributed by atoms with Crippen molar-refractivity contribution >= 4 is 11.6 Å². The number of nitrogens with two attached hydrogens (primary N) is 1. The molecule has 5 heteroatoms. The Morgan fingerprint density at radius 3 is 2.75 bits per heavy atom. The maximum Gasteiger partial charge on any atom is 0.255 e. The second kappa shape index (κ2) is 6.93. The minimum Gasteiger partial charge on any atom is -0.492 e. The van der Waals surface area contributed by atoms with Crippen LogP contribution in [0.1, 0.15) is 35.3 Å². The molecule has 3 rings (SSSR count). The largest absolute Gasteiger partial charge is 0.492 e. The number of fused-ring (bicyclic) bond motifs is 1. The molecular formula is C19H22N2O3. The average molecular weight is 326 g/mol. The van der Waals surface area contributed by atoms with Crippen LogP contribution in [0.4, 0.5) is 5.69 Å². The summed E-state index contributed by atoms with van der Waals surface area (Å²) in [6.45, 7) is 4.93. The van der Waals surface area contributed by atoms with Gasteiger partial charge in [-0.15, -0.1) is 0 Å². The van der Waals surface area contributed by atoms with Gasteiger partial charge in [0, 0.05) is 30.2 Å². The number of anilines is 1. The van der Waals surface area contributed by atoms with Gasteiger partial charge in [0.15, 0.2) is 0 Å². The number of rotatable bonds is 5. The van der Waals surface area contributed by atoms with Crippen LogP contribution in [0.3, 0.4) is 0 Å². The Labute approximate surface area is 141 Å². The van der Waals surface area contributed by atoms with Gasteiger partial charge < -0.3 is 20.5 Å². The van der Waals surface area contributed by atoms with Crippen molar-refractivity contribution in [2.45, 2.75) is 32.9 Å². The van der Waals surface area contributed by atoms with E-state index in [0.717, 1.165) is 23.3 Å². The second-order valence-electron chi connectivity index (χ2n) is 5.88. The quantitative estimate of drug-likeness (QED) is 0.885. The van der Waals surface area contributed by atoms with Gasteiger partial charge in [-0.25, -0.2) is 0 Å². The number of hydrogen-bond donors (Lipinski definition) is 2. The topological polar surface area (TPSA) is 73.6 Å². The minimum atomic E-state index is -0.189. The van der Waals surface area contributed by atoms with Crippen molar-refractivity contribution in [3.63, 3.8) is 0 Å². The summed E-state index contributed by atoms with van der Waals surface area (Å²) >= 11 is 0. The van der Waals surface area contributed by atoms with Gasteiger partial charge in [-0.05, 0) is 37.6 Å². The first-order chi connectivity index (χ1) is 11.6. The summed E-state index contributed by atoms with van der Waals surface area (Å²) in [6, 6.07) is 11.0. The van der Waals surface area contributed by atoms with Crippen molar-refractivity contribution < 1.29 is 14.3 Å². The molecule has 5 nitrogen and oxygen atoms in total. The van der Waals surface area contributed by atoms with Gasteiger partial charge in [0.1, 0.15) is 17.6 Å². The Balaban J connectivity index is 1.85. The van der Waals surface area contributed by atoms with Crippen LogP contribution >= 0.6 is 0 Å². The third-order valence-corrected chi connectivity index (χ3v) is 4.00. The number of carbonyl (C=O) groups excluding carboxylic acids is 1. The number of amides is 1. The van der Waals surface area contributed by atoms with E-state index in [9.17, 15) is 4.79 Å². The summed E-state index contributed by atoms with van der Waals surface area (Å²) in [7, 11) is 0. The maximum atomic E-state index is 12.5. The van der Waals surface area contributed by atoms with Gasteiger partial charge in [-0.1, -0.05) is 12.1 Å². The highest BCUT2D eigenvalue weighted by Crippen LogP contribution is 2.38. The zero-order valence-electron chi connectivity index (χ0n) is 14.0. The number of ether oxygens (including phenoxy) is 2. The zero-order valence-corrected chi connectivity index (χ0v) is 14.0. The lowest BCUT2D eigenvalue weighted by atomic mass is 10.1. The fourth-order valence-electron chi connectivity index (χ4n) is 2.80. The van der Waals surface area contributed by atoms with Gasteiger partial charge in [0.05, 0.1) is 12.3 Å². The van der Waals surface area contributed by atoms with Crippen LogP contribution in [-0.4, -0.2) is 18.6 Å². The van der Waals surface area contributed by atoms with Crippen molar-refractivity contribution in [3.8, 4) is 11.5 Å². The van der Waals surface area contributed by atoms with E-state index in [0.29, 0.717) is 30.2 Å². The maximum absolute atomic E-state index is 12.5. The van der Waals surface area contributed by atoms with Gasteiger partial charge >= 0.3 is 0 Å². The molecule has 3 N–H and O–H groups in total. The van der Waals surface area contributed by atoms with Gasteiger partial charge in [0.2, 0.25) is 0 Å². The molecule has 1 heterocycles. The van der Waals surface area contributed by atoms with E-state index in [1.807, 2.05) is 38.1 Å². The summed E-state index contributed by atoms with van der Waals surface area (Å²) in [6.07, 6.45) is 0.994. The molecule has 0 saturated heterocycles. The van der Waals surface area contributed by atoms with Gasteiger partial charge in [0.25, 0.3) is 5.91 Å². The predicted octanol–water partition coefficient (Wildman–Crippen LogP) is 3.12. The number of benzene rings is 2. The fourth-order valence-corrected chi connectivity index (χ4v) is 2.80. The molecular weight excluding hydrogens is 304 g/mol. The van der Waals surface area contributed by atoms with Crippen molar-refractivity contribution in [2.24, 2.45) is 5.73 Å². The number of hydrogen-bond acceptors (Lipinski definition) is 4. The zero-order chi connectivity index (χ0) is 17.1. The van der Waals surface area contributed by atoms with Gasteiger partial charge in [-0.3, -0.25) is 4.79 Å².